The molecule has 2 aromatic carbocycles. The summed E-state index contributed by atoms with van der Waals surface area (Å²) in [6.45, 7) is 0.745. The highest BCUT2D eigenvalue weighted by molar-refractivity contribution is 5.85. The first-order chi connectivity index (χ1) is 16.5. The minimum atomic E-state index is -1.52. The van der Waals surface area contributed by atoms with Crippen molar-refractivity contribution >= 4 is 10.9 Å². The highest BCUT2D eigenvalue weighted by atomic mass is 19.1. The molecule has 0 spiro atoms. The molecule has 2 saturated heterocycles. The van der Waals surface area contributed by atoms with Gasteiger partial charge in [0.25, 0.3) is 0 Å². The van der Waals surface area contributed by atoms with Gasteiger partial charge >= 0.3 is 0 Å². The van der Waals surface area contributed by atoms with Crippen molar-refractivity contribution in [3.05, 3.63) is 65.6 Å². The summed E-state index contributed by atoms with van der Waals surface area (Å²) in [5.41, 5.74) is 2.08. The van der Waals surface area contributed by atoms with Crippen molar-refractivity contribution in [2.24, 2.45) is 0 Å². The van der Waals surface area contributed by atoms with Crippen LogP contribution in [0.1, 0.15) is 23.8 Å². The van der Waals surface area contributed by atoms with Crippen LogP contribution in [0.3, 0.4) is 0 Å². The van der Waals surface area contributed by atoms with E-state index in [2.05, 4.69) is 0 Å². The van der Waals surface area contributed by atoms with Crippen LogP contribution < -0.4 is 4.74 Å². The minimum Gasteiger partial charge on any atom is -0.488 e. The fourth-order valence-electron chi connectivity index (χ4n) is 4.71. The van der Waals surface area contributed by atoms with Gasteiger partial charge in [-0.05, 0) is 41.8 Å². The molecule has 8 nitrogen and oxygen atoms in total. The molecule has 6 atom stereocenters. The van der Waals surface area contributed by atoms with E-state index >= 15 is 0 Å². The Kier molecular flexibility index (Phi) is 6.57. The Labute approximate surface area is 195 Å². The second kappa shape index (κ2) is 9.61. The van der Waals surface area contributed by atoms with Gasteiger partial charge in [0.1, 0.15) is 42.1 Å². The number of fused-ring (bicyclic) bond motifs is 1. The van der Waals surface area contributed by atoms with Crippen molar-refractivity contribution < 1.29 is 39.0 Å². The molecular weight excluding hydrogens is 445 g/mol. The van der Waals surface area contributed by atoms with Gasteiger partial charge in [0.15, 0.2) is 6.23 Å². The lowest BCUT2D eigenvalue weighted by Crippen LogP contribution is -2.56. The SMILES string of the molecule is OC[C@H]1O[C@@H](n2cc(Cc3ccc(OC4CCOC4)cc3)c3c(F)cccc32)[C@H](O)[C@@H](O)[C@@H]1O. The number of benzene rings is 2. The van der Waals surface area contributed by atoms with Gasteiger partial charge in [0.2, 0.25) is 0 Å². The summed E-state index contributed by atoms with van der Waals surface area (Å²) in [5.74, 6) is 0.325. The topological polar surface area (TPSA) is 114 Å². The van der Waals surface area contributed by atoms with Crippen LogP contribution in [0, 0.1) is 5.82 Å². The second-order valence-electron chi connectivity index (χ2n) is 8.84. The molecule has 34 heavy (non-hydrogen) atoms. The minimum absolute atomic E-state index is 0.0523. The number of aromatic nitrogens is 1. The van der Waals surface area contributed by atoms with Crippen LogP contribution in [0.5, 0.6) is 5.75 Å². The lowest BCUT2D eigenvalue weighted by molar-refractivity contribution is -0.250. The summed E-state index contributed by atoms with van der Waals surface area (Å²) in [7, 11) is 0. The van der Waals surface area contributed by atoms with Gasteiger partial charge in [-0.25, -0.2) is 4.39 Å². The van der Waals surface area contributed by atoms with E-state index in [1.165, 1.54) is 6.07 Å². The molecule has 0 radical (unpaired) electrons. The molecular formula is C25H28FNO7. The fraction of sp³-hybridized carbons (Fsp3) is 0.440. The van der Waals surface area contributed by atoms with Crippen molar-refractivity contribution in [3.8, 4) is 5.75 Å². The monoisotopic (exact) mass is 473 g/mol. The Hall–Kier alpha value is -2.53. The zero-order chi connectivity index (χ0) is 23.8. The van der Waals surface area contributed by atoms with Crippen LogP contribution in [0.4, 0.5) is 4.39 Å². The third-order valence-electron chi connectivity index (χ3n) is 6.54. The molecule has 3 heterocycles. The van der Waals surface area contributed by atoms with E-state index in [0.717, 1.165) is 17.7 Å². The Bertz CT molecular complexity index is 1130. The standard InChI is InChI=1S/C25H28FNO7/c26-18-2-1-3-19-21(18)15(10-14-4-6-16(7-5-14)33-17-8-9-32-13-17)11-27(19)25-24(31)23(30)22(29)20(12-28)34-25/h1-7,11,17,20,22-25,28-31H,8-10,12-13H2/t17?,20-,22-,23+,24-,25-/m1/s1. The molecule has 1 aromatic heterocycles. The van der Waals surface area contributed by atoms with Gasteiger partial charge < -0.3 is 39.2 Å². The maximum atomic E-state index is 14.9. The Morgan fingerprint density at radius 2 is 1.82 bits per heavy atom. The van der Waals surface area contributed by atoms with Crippen LogP contribution in [0.2, 0.25) is 0 Å². The normalized spacial score (nSPS) is 29.6. The molecule has 0 bridgehead atoms. The van der Waals surface area contributed by atoms with E-state index in [1.54, 1.807) is 22.9 Å². The van der Waals surface area contributed by atoms with Gasteiger partial charge in [-0.2, -0.15) is 0 Å². The van der Waals surface area contributed by atoms with E-state index in [9.17, 15) is 24.8 Å². The third-order valence-corrected chi connectivity index (χ3v) is 6.54. The number of rotatable bonds is 6. The molecule has 0 aliphatic carbocycles. The average molecular weight is 473 g/mol. The number of nitrogens with zero attached hydrogens (tertiary/aromatic N) is 1. The molecule has 2 fully saturated rings. The fourth-order valence-corrected chi connectivity index (χ4v) is 4.71. The first kappa shape index (κ1) is 23.2. The Morgan fingerprint density at radius 1 is 1.03 bits per heavy atom. The number of aliphatic hydroxyl groups is 4. The zero-order valence-corrected chi connectivity index (χ0v) is 18.5. The predicted octanol–water partition coefficient (Wildman–Crippen LogP) is 1.51. The lowest BCUT2D eigenvalue weighted by atomic mass is 9.98. The number of aliphatic hydroxyl groups excluding tert-OH is 4. The summed E-state index contributed by atoms with van der Waals surface area (Å²) in [4.78, 5) is 0. The Balaban J connectivity index is 1.44. The molecule has 4 N–H and O–H groups in total. The van der Waals surface area contributed by atoms with Gasteiger partial charge in [0, 0.05) is 18.0 Å². The summed E-state index contributed by atoms with van der Waals surface area (Å²) in [6.07, 6.45) is -3.63. The Morgan fingerprint density at radius 3 is 2.53 bits per heavy atom. The van der Waals surface area contributed by atoms with Crippen molar-refractivity contribution in [2.45, 2.75) is 49.6 Å². The summed E-state index contributed by atoms with van der Waals surface area (Å²) in [5, 5.41) is 40.8. The summed E-state index contributed by atoms with van der Waals surface area (Å²) < 4.78 is 33.4. The molecule has 0 saturated carbocycles. The number of hydrogen-bond donors (Lipinski definition) is 4. The van der Waals surface area contributed by atoms with E-state index in [4.69, 9.17) is 14.2 Å². The smallest absolute Gasteiger partial charge is 0.163 e. The van der Waals surface area contributed by atoms with Crippen LogP contribution in [-0.4, -0.2) is 75.3 Å². The first-order valence-electron chi connectivity index (χ1n) is 11.4. The largest absolute Gasteiger partial charge is 0.488 e. The highest BCUT2D eigenvalue weighted by Crippen LogP contribution is 2.35. The van der Waals surface area contributed by atoms with Crippen molar-refractivity contribution in [1.29, 1.82) is 0 Å². The van der Waals surface area contributed by atoms with Crippen LogP contribution >= 0.6 is 0 Å². The molecule has 9 heteroatoms. The molecule has 3 aromatic rings. The van der Waals surface area contributed by atoms with Crippen molar-refractivity contribution in [1.82, 2.24) is 4.57 Å². The average Bonchev–Trinajstić information content (AvgIpc) is 3.48. The maximum Gasteiger partial charge on any atom is 0.163 e. The van der Waals surface area contributed by atoms with Crippen LogP contribution in [-0.2, 0) is 15.9 Å². The number of halogens is 1. The molecule has 2 aliphatic rings. The summed E-state index contributed by atoms with van der Waals surface area (Å²) >= 11 is 0. The molecule has 2 aliphatic heterocycles. The lowest BCUT2D eigenvalue weighted by Gasteiger charge is -2.40. The van der Waals surface area contributed by atoms with Crippen LogP contribution in [0.15, 0.2) is 48.7 Å². The van der Waals surface area contributed by atoms with E-state index in [1.807, 2.05) is 24.3 Å². The molecule has 0 amide bonds. The predicted molar refractivity (Wildman–Crippen MR) is 120 cm³/mol. The van der Waals surface area contributed by atoms with E-state index in [0.29, 0.717) is 36.1 Å². The van der Waals surface area contributed by atoms with E-state index < -0.39 is 43.1 Å². The van der Waals surface area contributed by atoms with Gasteiger partial charge in [-0.15, -0.1) is 0 Å². The van der Waals surface area contributed by atoms with E-state index in [-0.39, 0.29) is 6.10 Å². The van der Waals surface area contributed by atoms with Gasteiger partial charge in [-0.3, -0.25) is 0 Å². The quantitative estimate of drug-likeness (QED) is 0.429. The third kappa shape index (κ3) is 4.31. The highest BCUT2D eigenvalue weighted by Gasteiger charge is 2.44. The zero-order valence-electron chi connectivity index (χ0n) is 18.5. The van der Waals surface area contributed by atoms with Crippen LogP contribution in [0.25, 0.3) is 10.9 Å². The summed E-state index contributed by atoms with van der Waals surface area (Å²) in [6, 6.07) is 12.2. The number of ether oxygens (including phenoxy) is 3. The van der Waals surface area contributed by atoms with Gasteiger partial charge in [0.05, 0.1) is 25.3 Å². The molecule has 5 rings (SSSR count). The second-order valence-corrected chi connectivity index (χ2v) is 8.84. The first-order valence-corrected chi connectivity index (χ1v) is 11.4. The molecule has 1 unspecified atom stereocenters. The van der Waals surface area contributed by atoms with Gasteiger partial charge in [-0.1, -0.05) is 18.2 Å². The maximum absolute atomic E-state index is 14.9. The van der Waals surface area contributed by atoms with Crippen molar-refractivity contribution in [2.75, 3.05) is 19.8 Å². The van der Waals surface area contributed by atoms with Crippen molar-refractivity contribution in [3.63, 3.8) is 0 Å². The molecule has 182 valence electrons. The number of hydrogen-bond acceptors (Lipinski definition) is 7.